The molecule has 0 unspecified atom stereocenters. The summed E-state index contributed by atoms with van der Waals surface area (Å²) in [6, 6.07) is 4.98. The highest BCUT2D eigenvalue weighted by atomic mass is 19.1. The Hall–Kier alpha value is -1.75. The molecule has 4 nitrogen and oxygen atoms in total. The summed E-state index contributed by atoms with van der Waals surface area (Å²) in [4.78, 5) is 4.40. The zero-order valence-corrected chi connectivity index (χ0v) is 11.0. The molecule has 0 bridgehead atoms. The lowest BCUT2D eigenvalue weighted by atomic mass is 9.98. The summed E-state index contributed by atoms with van der Waals surface area (Å²) in [5, 5.41) is 7.25. The summed E-state index contributed by atoms with van der Waals surface area (Å²) in [5.41, 5.74) is 1.26. The normalized spacial score (nSPS) is 22.9. The molecule has 1 aliphatic heterocycles. The molecule has 2 atom stereocenters. The molecule has 3 rings (SSSR count). The van der Waals surface area contributed by atoms with Crippen LogP contribution in [0.5, 0.6) is 0 Å². The van der Waals surface area contributed by atoms with E-state index >= 15 is 0 Å². The van der Waals surface area contributed by atoms with Crippen molar-refractivity contribution in [2.24, 2.45) is 5.92 Å². The number of halogens is 1. The van der Waals surface area contributed by atoms with Gasteiger partial charge in [0.1, 0.15) is 5.82 Å². The van der Waals surface area contributed by atoms with Crippen LogP contribution >= 0.6 is 0 Å². The van der Waals surface area contributed by atoms with Gasteiger partial charge in [0.2, 0.25) is 11.7 Å². The van der Waals surface area contributed by atoms with Gasteiger partial charge in [-0.3, -0.25) is 0 Å². The molecule has 1 aliphatic rings. The quantitative estimate of drug-likeness (QED) is 0.902. The number of aromatic nitrogens is 2. The summed E-state index contributed by atoms with van der Waals surface area (Å²) >= 11 is 0. The van der Waals surface area contributed by atoms with Crippen molar-refractivity contribution >= 4 is 0 Å². The average molecular weight is 261 g/mol. The maximum atomic E-state index is 13.5. The van der Waals surface area contributed by atoms with Crippen molar-refractivity contribution in [3.05, 3.63) is 35.5 Å². The van der Waals surface area contributed by atoms with E-state index in [-0.39, 0.29) is 11.7 Å². The maximum Gasteiger partial charge on any atom is 0.231 e. The Morgan fingerprint density at radius 3 is 2.89 bits per heavy atom. The molecule has 0 radical (unpaired) electrons. The SMILES string of the molecule is Cc1ccc(-c2noc([C@@H]3CNC[C@H]3C)n2)cc1F. The second kappa shape index (κ2) is 4.74. The fourth-order valence-corrected chi connectivity index (χ4v) is 2.38. The monoisotopic (exact) mass is 261 g/mol. The topological polar surface area (TPSA) is 51.0 Å². The smallest absolute Gasteiger partial charge is 0.231 e. The molecule has 19 heavy (non-hydrogen) atoms. The van der Waals surface area contributed by atoms with E-state index in [9.17, 15) is 4.39 Å². The van der Waals surface area contributed by atoms with Crippen molar-refractivity contribution in [2.75, 3.05) is 13.1 Å². The first kappa shape index (κ1) is 12.3. The number of rotatable bonds is 2. The molecule has 2 heterocycles. The van der Waals surface area contributed by atoms with E-state index < -0.39 is 0 Å². The van der Waals surface area contributed by atoms with Crippen molar-refractivity contribution in [3.63, 3.8) is 0 Å². The lowest BCUT2D eigenvalue weighted by Gasteiger charge is -2.07. The average Bonchev–Trinajstić information content (AvgIpc) is 3.01. The molecule has 1 N–H and O–H groups in total. The summed E-state index contributed by atoms with van der Waals surface area (Å²) in [6.45, 7) is 5.69. The number of nitrogens with one attached hydrogen (secondary N) is 1. The van der Waals surface area contributed by atoms with Gasteiger partial charge >= 0.3 is 0 Å². The van der Waals surface area contributed by atoms with Crippen LogP contribution in [-0.4, -0.2) is 23.2 Å². The molecule has 5 heteroatoms. The van der Waals surface area contributed by atoms with E-state index in [1.165, 1.54) is 6.07 Å². The minimum absolute atomic E-state index is 0.247. The van der Waals surface area contributed by atoms with Crippen molar-refractivity contribution < 1.29 is 8.91 Å². The Kier molecular flexibility index (Phi) is 3.06. The molecule has 0 spiro atoms. The molecule has 0 saturated carbocycles. The van der Waals surface area contributed by atoms with Gasteiger partial charge in [0, 0.05) is 12.1 Å². The van der Waals surface area contributed by atoms with Gasteiger partial charge in [0.05, 0.1) is 5.92 Å². The van der Waals surface area contributed by atoms with Crippen LogP contribution < -0.4 is 5.32 Å². The predicted molar refractivity (Wildman–Crippen MR) is 69.2 cm³/mol. The Labute approximate surface area is 111 Å². The van der Waals surface area contributed by atoms with Crippen LogP contribution in [0.25, 0.3) is 11.4 Å². The second-order valence-corrected chi connectivity index (χ2v) is 5.16. The summed E-state index contributed by atoms with van der Waals surface area (Å²) < 4.78 is 18.9. The molecule has 2 aromatic rings. The summed E-state index contributed by atoms with van der Waals surface area (Å²) in [7, 11) is 0. The number of aryl methyl sites for hydroxylation is 1. The number of benzene rings is 1. The van der Waals surface area contributed by atoms with E-state index in [0.717, 1.165) is 13.1 Å². The van der Waals surface area contributed by atoms with E-state index in [4.69, 9.17) is 4.52 Å². The Bertz CT molecular complexity index is 596. The van der Waals surface area contributed by atoms with Gasteiger partial charge < -0.3 is 9.84 Å². The molecule has 0 amide bonds. The third kappa shape index (κ3) is 2.26. The van der Waals surface area contributed by atoms with Crippen LogP contribution in [0.15, 0.2) is 22.7 Å². The molecule has 1 aromatic heterocycles. The van der Waals surface area contributed by atoms with Gasteiger partial charge in [-0.1, -0.05) is 24.2 Å². The van der Waals surface area contributed by atoms with Crippen molar-refractivity contribution in [3.8, 4) is 11.4 Å². The van der Waals surface area contributed by atoms with E-state index in [1.807, 2.05) is 6.07 Å². The zero-order valence-electron chi connectivity index (χ0n) is 11.0. The van der Waals surface area contributed by atoms with Crippen molar-refractivity contribution in [1.82, 2.24) is 15.5 Å². The van der Waals surface area contributed by atoms with Gasteiger partial charge in [-0.2, -0.15) is 4.98 Å². The largest absolute Gasteiger partial charge is 0.339 e. The fourth-order valence-electron chi connectivity index (χ4n) is 2.38. The molecular formula is C14H16FN3O. The lowest BCUT2D eigenvalue weighted by molar-refractivity contribution is 0.340. The maximum absolute atomic E-state index is 13.5. The highest BCUT2D eigenvalue weighted by Crippen LogP contribution is 2.28. The number of nitrogens with zero attached hydrogens (tertiary/aromatic N) is 2. The Morgan fingerprint density at radius 2 is 2.21 bits per heavy atom. The first-order valence-electron chi connectivity index (χ1n) is 6.46. The molecule has 0 aliphatic carbocycles. The minimum Gasteiger partial charge on any atom is -0.339 e. The van der Waals surface area contributed by atoms with Crippen LogP contribution in [0, 0.1) is 18.7 Å². The first-order valence-corrected chi connectivity index (χ1v) is 6.46. The first-order chi connectivity index (χ1) is 9.15. The predicted octanol–water partition coefficient (Wildman–Crippen LogP) is 2.51. The molecule has 1 aromatic carbocycles. The Balaban J connectivity index is 1.90. The van der Waals surface area contributed by atoms with Crippen molar-refractivity contribution in [2.45, 2.75) is 19.8 Å². The van der Waals surface area contributed by atoms with Crippen LogP contribution in [0.3, 0.4) is 0 Å². The lowest BCUT2D eigenvalue weighted by Crippen LogP contribution is -2.08. The van der Waals surface area contributed by atoms with Gasteiger partial charge in [-0.15, -0.1) is 0 Å². The Morgan fingerprint density at radius 1 is 1.37 bits per heavy atom. The molecule has 1 saturated heterocycles. The zero-order chi connectivity index (χ0) is 13.4. The van der Waals surface area contributed by atoms with Crippen LogP contribution in [-0.2, 0) is 0 Å². The van der Waals surface area contributed by atoms with Crippen LogP contribution in [0.4, 0.5) is 4.39 Å². The van der Waals surface area contributed by atoms with Crippen molar-refractivity contribution in [1.29, 1.82) is 0 Å². The third-order valence-corrected chi connectivity index (χ3v) is 3.71. The van der Waals surface area contributed by atoms with Gasteiger partial charge in [-0.25, -0.2) is 4.39 Å². The van der Waals surface area contributed by atoms with Gasteiger partial charge in [0.15, 0.2) is 0 Å². The third-order valence-electron chi connectivity index (χ3n) is 3.71. The summed E-state index contributed by atoms with van der Waals surface area (Å²) in [5.74, 6) is 1.56. The standard InChI is InChI=1S/C14H16FN3O/c1-8-3-4-10(5-12(8)15)13-17-14(19-18-13)11-7-16-6-9(11)2/h3-5,9,11,16H,6-7H2,1-2H3/t9-,11-/m1/s1. The number of hydrogen-bond acceptors (Lipinski definition) is 4. The number of hydrogen-bond donors (Lipinski definition) is 1. The highest BCUT2D eigenvalue weighted by Gasteiger charge is 2.29. The molecular weight excluding hydrogens is 245 g/mol. The minimum atomic E-state index is -0.250. The molecule has 1 fully saturated rings. The van der Waals surface area contributed by atoms with Gasteiger partial charge in [-0.05, 0) is 31.0 Å². The summed E-state index contributed by atoms with van der Waals surface area (Å²) in [6.07, 6.45) is 0. The van der Waals surface area contributed by atoms with E-state index in [1.54, 1.807) is 13.0 Å². The molecule has 100 valence electrons. The van der Waals surface area contributed by atoms with E-state index in [0.29, 0.717) is 28.8 Å². The van der Waals surface area contributed by atoms with Crippen LogP contribution in [0.2, 0.25) is 0 Å². The fraction of sp³-hybridized carbons (Fsp3) is 0.429. The van der Waals surface area contributed by atoms with Crippen LogP contribution in [0.1, 0.15) is 24.3 Å². The van der Waals surface area contributed by atoms with Gasteiger partial charge in [0.25, 0.3) is 0 Å². The van der Waals surface area contributed by atoms with E-state index in [2.05, 4.69) is 22.4 Å². The highest BCUT2D eigenvalue weighted by molar-refractivity contribution is 5.55. The second-order valence-electron chi connectivity index (χ2n) is 5.16.